The predicted octanol–water partition coefficient (Wildman–Crippen LogP) is 0.946. The zero-order valence-electron chi connectivity index (χ0n) is 16.7. The van der Waals surface area contributed by atoms with Crippen LogP contribution in [0.1, 0.15) is 17.5 Å². The van der Waals surface area contributed by atoms with Gasteiger partial charge in [-0.3, -0.25) is 14.5 Å². The van der Waals surface area contributed by atoms with Crippen LogP contribution in [0.4, 0.5) is 4.79 Å². The number of benzene rings is 2. The van der Waals surface area contributed by atoms with Crippen LogP contribution >= 0.6 is 0 Å². The SMILES string of the molecule is O=C(CC1NC(=O)N(Cc2ccc3c(c2)OCO3)C1=O)NC(CO)Cc1ccccc1. The zero-order chi connectivity index (χ0) is 21.8. The Morgan fingerprint density at radius 3 is 2.68 bits per heavy atom. The molecule has 9 nitrogen and oxygen atoms in total. The number of hydrogen-bond donors (Lipinski definition) is 3. The van der Waals surface area contributed by atoms with Crippen LogP contribution < -0.4 is 20.1 Å². The van der Waals surface area contributed by atoms with E-state index in [0.717, 1.165) is 10.5 Å². The molecule has 3 N–H and O–H groups in total. The van der Waals surface area contributed by atoms with E-state index in [1.54, 1.807) is 18.2 Å². The van der Waals surface area contributed by atoms with E-state index in [1.165, 1.54) is 0 Å². The van der Waals surface area contributed by atoms with Crippen LogP contribution in [-0.2, 0) is 22.6 Å². The average molecular weight is 425 g/mol. The summed E-state index contributed by atoms with van der Waals surface area (Å²) in [6, 6.07) is 12.7. The van der Waals surface area contributed by atoms with Crippen molar-refractivity contribution in [2.24, 2.45) is 0 Å². The molecule has 1 fully saturated rings. The molecule has 0 aromatic heterocycles. The van der Waals surface area contributed by atoms with Crippen LogP contribution in [0.25, 0.3) is 0 Å². The fraction of sp³-hybridized carbons (Fsp3) is 0.318. The molecule has 0 radical (unpaired) electrons. The number of carbonyl (C=O) groups is 3. The Hall–Kier alpha value is -3.59. The lowest BCUT2D eigenvalue weighted by atomic mass is 10.1. The molecule has 2 aromatic carbocycles. The highest BCUT2D eigenvalue weighted by Crippen LogP contribution is 2.33. The number of aliphatic hydroxyl groups excluding tert-OH is 1. The van der Waals surface area contributed by atoms with Gasteiger partial charge < -0.3 is 25.2 Å². The quantitative estimate of drug-likeness (QED) is 0.542. The number of fused-ring (bicyclic) bond motifs is 1. The molecule has 2 aliphatic heterocycles. The summed E-state index contributed by atoms with van der Waals surface area (Å²) in [7, 11) is 0. The maximum atomic E-state index is 12.7. The van der Waals surface area contributed by atoms with Gasteiger partial charge in [-0.15, -0.1) is 0 Å². The maximum absolute atomic E-state index is 12.7. The van der Waals surface area contributed by atoms with Gasteiger partial charge in [0.1, 0.15) is 6.04 Å². The summed E-state index contributed by atoms with van der Waals surface area (Å²) in [6.07, 6.45) is 0.262. The van der Waals surface area contributed by atoms with E-state index in [1.807, 2.05) is 30.3 Å². The molecule has 31 heavy (non-hydrogen) atoms. The first kappa shape index (κ1) is 20.7. The van der Waals surface area contributed by atoms with E-state index < -0.39 is 29.9 Å². The van der Waals surface area contributed by atoms with Gasteiger partial charge in [-0.05, 0) is 29.7 Å². The van der Waals surface area contributed by atoms with Crippen LogP contribution in [0.3, 0.4) is 0 Å². The van der Waals surface area contributed by atoms with Crippen molar-refractivity contribution < 1.29 is 29.0 Å². The Balaban J connectivity index is 1.33. The fourth-order valence-corrected chi connectivity index (χ4v) is 3.62. The summed E-state index contributed by atoms with van der Waals surface area (Å²) in [6.45, 7) is -0.0350. The molecule has 162 valence electrons. The van der Waals surface area contributed by atoms with Crippen molar-refractivity contribution in [3.05, 3.63) is 59.7 Å². The number of aliphatic hydroxyl groups is 1. The van der Waals surface area contributed by atoms with Crippen molar-refractivity contribution in [1.82, 2.24) is 15.5 Å². The Kier molecular flexibility index (Phi) is 6.03. The first-order valence-electron chi connectivity index (χ1n) is 9.98. The molecule has 1 saturated heterocycles. The Morgan fingerprint density at radius 2 is 1.90 bits per heavy atom. The first-order chi connectivity index (χ1) is 15.0. The van der Waals surface area contributed by atoms with Crippen molar-refractivity contribution in [3.8, 4) is 11.5 Å². The van der Waals surface area contributed by atoms with E-state index in [-0.39, 0.29) is 26.4 Å². The van der Waals surface area contributed by atoms with Crippen LogP contribution in [0, 0.1) is 0 Å². The molecule has 4 amide bonds. The third-order valence-corrected chi connectivity index (χ3v) is 5.18. The number of hydrogen-bond acceptors (Lipinski definition) is 6. The monoisotopic (exact) mass is 425 g/mol. The zero-order valence-corrected chi connectivity index (χ0v) is 16.7. The van der Waals surface area contributed by atoms with Gasteiger partial charge in [0.25, 0.3) is 5.91 Å². The normalized spacial score (nSPS) is 18.1. The number of amides is 4. The largest absolute Gasteiger partial charge is 0.454 e. The minimum atomic E-state index is -0.947. The van der Waals surface area contributed by atoms with Crippen molar-refractivity contribution in [3.63, 3.8) is 0 Å². The predicted molar refractivity (Wildman–Crippen MR) is 109 cm³/mol. The number of nitrogens with zero attached hydrogens (tertiary/aromatic N) is 1. The summed E-state index contributed by atoms with van der Waals surface area (Å²) in [4.78, 5) is 38.5. The Bertz CT molecular complexity index is 980. The van der Waals surface area contributed by atoms with Crippen molar-refractivity contribution in [2.75, 3.05) is 13.4 Å². The molecule has 2 aliphatic rings. The first-order valence-corrected chi connectivity index (χ1v) is 9.98. The third-order valence-electron chi connectivity index (χ3n) is 5.18. The number of rotatable bonds is 8. The highest BCUT2D eigenvalue weighted by Gasteiger charge is 2.39. The minimum absolute atomic E-state index is 0.0622. The molecule has 4 rings (SSSR count). The van der Waals surface area contributed by atoms with E-state index >= 15 is 0 Å². The van der Waals surface area contributed by atoms with Crippen LogP contribution in [0.15, 0.2) is 48.5 Å². The number of urea groups is 1. The summed E-state index contributed by atoms with van der Waals surface area (Å²) in [5.74, 6) is 0.290. The fourth-order valence-electron chi connectivity index (χ4n) is 3.62. The van der Waals surface area contributed by atoms with Gasteiger partial charge in [-0.2, -0.15) is 0 Å². The van der Waals surface area contributed by atoms with Crippen molar-refractivity contribution >= 4 is 17.8 Å². The second kappa shape index (κ2) is 9.05. The smallest absolute Gasteiger partial charge is 0.325 e. The van der Waals surface area contributed by atoms with Crippen molar-refractivity contribution in [1.29, 1.82) is 0 Å². The Morgan fingerprint density at radius 1 is 1.13 bits per heavy atom. The van der Waals surface area contributed by atoms with E-state index in [9.17, 15) is 19.5 Å². The van der Waals surface area contributed by atoms with Crippen molar-refractivity contribution in [2.45, 2.75) is 31.5 Å². The molecule has 2 aromatic rings. The average Bonchev–Trinajstić information content (AvgIpc) is 3.33. The van der Waals surface area contributed by atoms with Gasteiger partial charge in [-0.25, -0.2) is 4.79 Å². The Labute approximate surface area is 178 Å². The van der Waals surface area contributed by atoms with Gasteiger partial charge in [0, 0.05) is 0 Å². The molecule has 2 heterocycles. The van der Waals surface area contributed by atoms with Gasteiger partial charge in [-0.1, -0.05) is 36.4 Å². The van der Waals surface area contributed by atoms with Gasteiger partial charge in [0.15, 0.2) is 11.5 Å². The summed E-state index contributed by atoms with van der Waals surface area (Å²) in [5.41, 5.74) is 1.68. The number of nitrogens with one attached hydrogen (secondary N) is 2. The van der Waals surface area contributed by atoms with E-state index in [4.69, 9.17) is 9.47 Å². The second-order valence-corrected chi connectivity index (χ2v) is 7.45. The highest BCUT2D eigenvalue weighted by molar-refractivity contribution is 6.05. The third kappa shape index (κ3) is 4.77. The summed E-state index contributed by atoms with van der Waals surface area (Å²) >= 11 is 0. The van der Waals surface area contributed by atoms with Gasteiger partial charge >= 0.3 is 6.03 Å². The van der Waals surface area contributed by atoms with Gasteiger partial charge in [0.05, 0.1) is 25.6 Å². The number of imide groups is 1. The van der Waals surface area contributed by atoms with E-state index in [0.29, 0.717) is 23.5 Å². The van der Waals surface area contributed by atoms with Crippen LogP contribution in [0.2, 0.25) is 0 Å². The second-order valence-electron chi connectivity index (χ2n) is 7.45. The van der Waals surface area contributed by atoms with Crippen LogP contribution in [0.5, 0.6) is 11.5 Å². The minimum Gasteiger partial charge on any atom is -0.454 e. The number of carbonyl (C=O) groups excluding carboxylic acids is 3. The molecule has 2 unspecified atom stereocenters. The molecule has 0 spiro atoms. The molecule has 0 saturated carbocycles. The lowest BCUT2D eigenvalue weighted by molar-refractivity contribution is -0.131. The molecular formula is C22H23N3O6. The maximum Gasteiger partial charge on any atom is 0.325 e. The molecule has 9 heteroatoms. The molecular weight excluding hydrogens is 402 g/mol. The van der Waals surface area contributed by atoms with Gasteiger partial charge in [0.2, 0.25) is 12.7 Å². The number of ether oxygens (including phenoxy) is 2. The standard InChI is InChI=1S/C22H23N3O6/c26-12-16(8-14-4-2-1-3-5-14)23-20(27)10-17-21(28)25(22(29)24-17)11-15-6-7-18-19(9-15)31-13-30-18/h1-7,9,16-17,26H,8,10-13H2,(H,23,27)(H,24,29). The summed E-state index contributed by atoms with van der Waals surface area (Å²) < 4.78 is 10.6. The lowest BCUT2D eigenvalue weighted by Crippen LogP contribution is -2.43. The molecule has 2 atom stereocenters. The topological polar surface area (TPSA) is 117 Å². The lowest BCUT2D eigenvalue weighted by Gasteiger charge is -2.17. The summed E-state index contributed by atoms with van der Waals surface area (Å²) in [5, 5.41) is 14.9. The van der Waals surface area contributed by atoms with Crippen LogP contribution in [-0.4, -0.2) is 53.3 Å². The van der Waals surface area contributed by atoms with E-state index in [2.05, 4.69) is 10.6 Å². The molecule has 0 bridgehead atoms. The molecule has 0 aliphatic carbocycles. The highest BCUT2D eigenvalue weighted by atomic mass is 16.7.